The highest BCUT2D eigenvalue weighted by Crippen LogP contribution is 2.36. The van der Waals surface area contributed by atoms with E-state index in [4.69, 9.17) is 9.47 Å². The standard InChI is InChI=1S/C22H18N2O4/c1-27-16-9-6-14(7-10-16)12-21(25)23-15-8-11-19-17(13-15)22(26)24-18-4-2-3-5-20(18)28-19/h2-11,13H,12H2,1H3,(H,23,25)(H,24,26). The Morgan fingerprint density at radius 1 is 1.04 bits per heavy atom. The number of nitrogens with one attached hydrogen (secondary N) is 2. The van der Waals surface area contributed by atoms with E-state index in [0.717, 1.165) is 11.3 Å². The Bertz CT molecular complexity index is 1040. The zero-order valence-electron chi connectivity index (χ0n) is 15.2. The van der Waals surface area contributed by atoms with Crippen LogP contribution in [-0.2, 0) is 11.2 Å². The lowest BCUT2D eigenvalue weighted by molar-refractivity contribution is -0.115. The number of ether oxygens (including phenoxy) is 2. The molecule has 3 aromatic rings. The molecule has 0 saturated carbocycles. The average molecular weight is 374 g/mol. The molecule has 0 bridgehead atoms. The van der Waals surface area contributed by atoms with Crippen LogP contribution in [0.3, 0.4) is 0 Å². The van der Waals surface area contributed by atoms with Crippen molar-refractivity contribution in [3.63, 3.8) is 0 Å². The number of carbonyl (C=O) groups is 2. The fraction of sp³-hybridized carbons (Fsp3) is 0.0909. The third kappa shape index (κ3) is 3.66. The SMILES string of the molecule is COc1ccc(CC(=O)Nc2ccc3c(c2)C(=O)Nc2ccccc2O3)cc1. The van der Waals surface area contributed by atoms with E-state index in [2.05, 4.69) is 10.6 Å². The Kier molecular flexibility index (Phi) is 4.68. The van der Waals surface area contributed by atoms with E-state index in [0.29, 0.717) is 28.4 Å². The van der Waals surface area contributed by atoms with Crippen molar-refractivity contribution in [2.24, 2.45) is 0 Å². The van der Waals surface area contributed by atoms with Gasteiger partial charge in [-0.1, -0.05) is 24.3 Å². The minimum Gasteiger partial charge on any atom is -0.497 e. The second-order valence-electron chi connectivity index (χ2n) is 6.34. The molecule has 0 atom stereocenters. The Morgan fingerprint density at radius 2 is 1.82 bits per heavy atom. The highest BCUT2D eigenvalue weighted by atomic mass is 16.5. The van der Waals surface area contributed by atoms with Crippen molar-refractivity contribution in [2.75, 3.05) is 17.7 Å². The van der Waals surface area contributed by atoms with Gasteiger partial charge in [0.15, 0.2) is 5.75 Å². The van der Waals surface area contributed by atoms with Crippen molar-refractivity contribution in [2.45, 2.75) is 6.42 Å². The monoisotopic (exact) mass is 374 g/mol. The lowest BCUT2D eigenvalue weighted by Gasteiger charge is -2.10. The van der Waals surface area contributed by atoms with Crippen molar-refractivity contribution < 1.29 is 19.1 Å². The van der Waals surface area contributed by atoms with Gasteiger partial charge in [0.05, 0.1) is 24.8 Å². The Hall–Kier alpha value is -3.80. The number of amides is 2. The number of hydrogen-bond donors (Lipinski definition) is 2. The minimum absolute atomic E-state index is 0.177. The van der Waals surface area contributed by atoms with Crippen LogP contribution in [0.1, 0.15) is 15.9 Å². The molecule has 2 N–H and O–H groups in total. The van der Waals surface area contributed by atoms with Gasteiger partial charge in [-0.3, -0.25) is 9.59 Å². The Labute approximate surface area is 162 Å². The van der Waals surface area contributed by atoms with Crippen LogP contribution in [0.4, 0.5) is 11.4 Å². The predicted molar refractivity (Wildman–Crippen MR) is 106 cm³/mol. The zero-order chi connectivity index (χ0) is 19.5. The van der Waals surface area contributed by atoms with Crippen molar-refractivity contribution >= 4 is 23.2 Å². The van der Waals surface area contributed by atoms with E-state index in [1.54, 1.807) is 37.4 Å². The highest BCUT2D eigenvalue weighted by molar-refractivity contribution is 6.09. The first-order valence-corrected chi connectivity index (χ1v) is 8.77. The van der Waals surface area contributed by atoms with E-state index in [1.165, 1.54) is 0 Å². The van der Waals surface area contributed by atoms with Crippen molar-refractivity contribution in [3.05, 3.63) is 77.9 Å². The van der Waals surface area contributed by atoms with Gasteiger partial charge in [-0.2, -0.15) is 0 Å². The van der Waals surface area contributed by atoms with Gasteiger partial charge >= 0.3 is 0 Å². The smallest absolute Gasteiger partial charge is 0.259 e. The van der Waals surface area contributed by atoms with Crippen LogP contribution >= 0.6 is 0 Å². The summed E-state index contributed by atoms with van der Waals surface area (Å²) in [5, 5.41) is 5.65. The summed E-state index contributed by atoms with van der Waals surface area (Å²) in [5.41, 5.74) is 2.36. The Morgan fingerprint density at radius 3 is 2.61 bits per heavy atom. The van der Waals surface area contributed by atoms with Gasteiger partial charge in [-0.05, 0) is 48.0 Å². The molecule has 3 aromatic carbocycles. The molecule has 140 valence electrons. The highest BCUT2D eigenvalue weighted by Gasteiger charge is 2.21. The van der Waals surface area contributed by atoms with Gasteiger partial charge in [0, 0.05) is 5.69 Å². The van der Waals surface area contributed by atoms with Crippen LogP contribution in [0.5, 0.6) is 17.2 Å². The number of hydrogen-bond acceptors (Lipinski definition) is 4. The number of carbonyl (C=O) groups excluding carboxylic acids is 2. The lowest BCUT2D eigenvalue weighted by Crippen LogP contribution is -2.15. The molecule has 0 saturated heterocycles. The van der Waals surface area contributed by atoms with Crippen LogP contribution in [0, 0.1) is 0 Å². The third-order valence-corrected chi connectivity index (χ3v) is 4.39. The molecule has 28 heavy (non-hydrogen) atoms. The minimum atomic E-state index is -0.286. The maximum Gasteiger partial charge on any atom is 0.259 e. The maximum absolute atomic E-state index is 12.5. The summed E-state index contributed by atoms with van der Waals surface area (Å²) < 4.78 is 11.0. The zero-order valence-corrected chi connectivity index (χ0v) is 15.2. The van der Waals surface area contributed by atoms with E-state index in [9.17, 15) is 9.59 Å². The van der Waals surface area contributed by atoms with Crippen LogP contribution in [-0.4, -0.2) is 18.9 Å². The average Bonchev–Trinajstić information content (AvgIpc) is 2.84. The normalized spacial score (nSPS) is 12.0. The van der Waals surface area contributed by atoms with Crippen LogP contribution in [0.25, 0.3) is 0 Å². The van der Waals surface area contributed by atoms with E-state index in [1.807, 2.05) is 36.4 Å². The van der Waals surface area contributed by atoms with Crippen LogP contribution in [0.15, 0.2) is 66.7 Å². The molecule has 0 fully saturated rings. The molecule has 6 heteroatoms. The molecular weight excluding hydrogens is 356 g/mol. The fourth-order valence-electron chi connectivity index (χ4n) is 2.98. The second kappa shape index (κ2) is 7.44. The molecule has 2 amide bonds. The fourth-order valence-corrected chi connectivity index (χ4v) is 2.98. The summed E-state index contributed by atoms with van der Waals surface area (Å²) in [7, 11) is 1.60. The number of fused-ring (bicyclic) bond motifs is 2. The van der Waals surface area contributed by atoms with Gasteiger partial charge in [0.25, 0.3) is 5.91 Å². The quantitative estimate of drug-likeness (QED) is 0.716. The molecule has 1 heterocycles. The van der Waals surface area contributed by atoms with Crippen molar-refractivity contribution in [1.29, 1.82) is 0 Å². The molecule has 0 radical (unpaired) electrons. The van der Waals surface area contributed by atoms with Gasteiger partial charge < -0.3 is 20.1 Å². The molecule has 4 rings (SSSR count). The van der Waals surface area contributed by atoms with Crippen molar-refractivity contribution in [1.82, 2.24) is 0 Å². The molecule has 0 unspecified atom stereocenters. The van der Waals surface area contributed by atoms with Crippen molar-refractivity contribution in [3.8, 4) is 17.2 Å². The van der Waals surface area contributed by atoms with Gasteiger partial charge in [-0.15, -0.1) is 0 Å². The number of benzene rings is 3. The van der Waals surface area contributed by atoms with Gasteiger partial charge in [0.1, 0.15) is 11.5 Å². The van der Waals surface area contributed by atoms with E-state index < -0.39 is 0 Å². The number of para-hydroxylation sites is 2. The van der Waals surface area contributed by atoms with Crippen LogP contribution < -0.4 is 20.1 Å². The van der Waals surface area contributed by atoms with Gasteiger partial charge in [0.2, 0.25) is 5.91 Å². The summed E-state index contributed by atoms with van der Waals surface area (Å²) in [5.74, 6) is 1.29. The van der Waals surface area contributed by atoms with E-state index >= 15 is 0 Å². The first-order valence-electron chi connectivity index (χ1n) is 8.77. The maximum atomic E-state index is 12.5. The summed E-state index contributed by atoms with van der Waals surface area (Å²) in [6.07, 6.45) is 0.217. The van der Waals surface area contributed by atoms with E-state index in [-0.39, 0.29) is 18.2 Å². The third-order valence-electron chi connectivity index (χ3n) is 4.39. The second-order valence-corrected chi connectivity index (χ2v) is 6.34. The first kappa shape index (κ1) is 17.6. The number of rotatable bonds is 4. The predicted octanol–water partition coefficient (Wildman–Crippen LogP) is 4.23. The lowest BCUT2D eigenvalue weighted by atomic mass is 10.1. The summed E-state index contributed by atoms with van der Waals surface area (Å²) in [6, 6.07) is 19.5. The molecular formula is C22H18N2O4. The molecule has 1 aliphatic heterocycles. The largest absolute Gasteiger partial charge is 0.497 e. The topological polar surface area (TPSA) is 76.7 Å². The molecule has 6 nitrogen and oxygen atoms in total. The molecule has 0 aliphatic carbocycles. The Balaban J connectivity index is 1.50. The van der Waals surface area contributed by atoms with Crippen LogP contribution in [0.2, 0.25) is 0 Å². The number of methoxy groups -OCH3 is 1. The first-order chi connectivity index (χ1) is 13.6. The summed E-state index contributed by atoms with van der Waals surface area (Å²) >= 11 is 0. The summed E-state index contributed by atoms with van der Waals surface area (Å²) in [6.45, 7) is 0. The summed E-state index contributed by atoms with van der Waals surface area (Å²) in [4.78, 5) is 24.9. The van der Waals surface area contributed by atoms with Gasteiger partial charge in [-0.25, -0.2) is 0 Å². The molecule has 0 spiro atoms. The molecule has 1 aliphatic rings. The molecule has 0 aromatic heterocycles. The number of anilines is 2.